The molecule has 0 heteroatoms. The van der Waals surface area contributed by atoms with Gasteiger partial charge in [-0.2, -0.15) is 0 Å². The van der Waals surface area contributed by atoms with Crippen molar-refractivity contribution in [2.45, 2.75) is 0 Å². The maximum absolute atomic E-state index is 2.30. The van der Waals surface area contributed by atoms with Gasteiger partial charge in [0, 0.05) is 0 Å². The lowest BCUT2D eigenvalue weighted by Gasteiger charge is -2.19. The number of benzene rings is 9. The van der Waals surface area contributed by atoms with Crippen LogP contribution in [0.2, 0.25) is 0 Å². The van der Waals surface area contributed by atoms with Crippen LogP contribution in [0.4, 0.5) is 0 Å². The van der Waals surface area contributed by atoms with E-state index in [1.807, 2.05) is 0 Å². The minimum absolute atomic E-state index is 1.22. The van der Waals surface area contributed by atoms with Gasteiger partial charge < -0.3 is 0 Å². The van der Waals surface area contributed by atoms with Crippen LogP contribution in [0.15, 0.2) is 182 Å². The molecule has 0 heterocycles. The highest BCUT2D eigenvalue weighted by Gasteiger charge is 2.18. The molecule has 0 bridgehead atoms. The van der Waals surface area contributed by atoms with E-state index in [0.29, 0.717) is 0 Å². The van der Waals surface area contributed by atoms with Crippen molar-refractivity contribution < 1.29 is 0 Å². The van der Waals surface area contributed by atoms with Crippen molar-refractivity contribution in [1.82, 2.24) is 0 Å². The van der Waals surface area contributed by atoms with Gasteiger partial charge >= 0.3 is 0 Å². The largest absolute Gasteiger partial charge is 0.0622 e. The average Bonchev–Trinajstić information content (AvgIpc) is 3.14. The smallest absolute Gasteiger partial charge is 0.00201 e. The van der Waals surface area contributed by atoms with E-state index in [4.69, 9.17) is 0 Å². The minimum atomic E-state index is 1.22. The van der Waals surface area contributed by atoms with Crippen LogP contribution < -0.4 is 0 Å². The van der Waals surface area contributed by atoms with Gasteiger partial charge in [0.2, 0.25) is 0 Å². The third-order valence-corrected chi connectivity index (χ3v) is 9.48. The first-order chi connectivity index (χ1) is 22.8. The maximum atomic E-state index is 2.30. The highest BCUT2D eigenvalue weighted by molar-refractivity contribution is 6.24. The first kappa shape index (κ1) is 26.4. The SMILES string of the molecule is c1ccc(-c2ccccc2-c2ccc(-c3c4ccccc4c(-c4cccc5c4ccc4ccccc45)c4ccccc34)cc2)cc1. The first-order valence-electron chi connectivity index (χ1n) is 15.9. The molecule has 0 spiro atoms. The van der Waals surface area contributed by atoms with E-state index in [0.717, 1.165) is 0 Å². The van der Waals surface area contributed by atoms with Crippen LogP contribution in [0, 0.1) is 0 Å². The molecule has 0 saturated carbocycles. The maximum Gasteiger partial charge on any atom is -0.00201 e. The van der Waals surface area contributed by atoms with E-state index in [1.54, 1.807) is 0 Å². The van der Waals surface area contributed by atoms with Crippen molar-refractivity contribution in [2.24, 2.45) is 0 Å². The lowest BCUT2D eigenvalue weighted by atomic mass is 9.84. The molecule has 46 heavy (non-hydrogen) atoms. The molecule has 0 nitrogen and oxygen atoms in total. The molecule has 0 aliphatic carbocycles. The average molecular weight is 583 g/mol. The predicted octanol–water partition coefficient (Wildman–Crippen LogP) is 13.0. The molecule has 9 aromatic rings. The summed E-state index contributed by atoms with van der Waals surface area (Å²) in [5.41, 5.74) is 10.0. The summed E-state index contributed by atoms with van der Waals surface area (Å²) < 4.78 is 0. The zero-order valence-corrected chi connectivity index (χ0v) is 25.3. The monoisotopic (exact) mass is 582 g/mol. The van der Waals surface area contributed by atoms with Crippen LogP contribution in [-0.4, -0.2) is 0 Å². The zero-order valence-electron chi connectivity index (χ0n) is 25.3. The van der Waals surface area contributed by atoms with Gasteiger partial charge in [0.1, 0.15) is 0 Å². The molecule has 0 fully saturated rings. The molecule has 0 amide bonds. The van der Waals surface area contributed by atoms with Crippen LogP contribution >= 0.6 is 0 Å². The molecule has 214 valence electrons. The topological polar surface area (TPSA) is 0 Å². The lowest BCUT2D eigenvalue weighted by molar-refractivity contribution is 1.58. The van der Waals surface area contributed by atoms with Crippen molar-refractivity contribution in [1.29, 1.82) is 0 Å². The van der Waals surface area contributed by atoms with Gasteiger partial charge in [-0.1, -0.05) is 182 Å². The van der Waals surface area contributed by atoms with Gasteiger partial charge in [-0.15, -0.1) is 0 Å². The number of hydrogen-bond acceptors (Lipinski definition) is 0. The van der Waals surface area contributed by atoms with Crippen molar-refractivity contribution in [2.75, 3.05) is 0 Å². The summed E-state index contributed by atoms with van der Waals surface area (Å²) in [5.74, 6) is 0. The molecule has 0 radical (unpaired) electrons. The predicted molar refractivity (Wildman–Crippen MR) is 198 cm³/mol. The van der Waals surface area contributed by atoms with E-state index in [2.05, 4.69) is 182 Å². The Hall–Kier alpha value is -5.98. The molecule has 0 N–H and O–H groups in total. The molecule has 0 saturated heterocycles. The molecule has 0 aliphatic heterocycles. The van der Waals surface area contributed by atoms with E-state index in [9.17, 15) is 0 Å². The summed E-state index contributed by atoms with van der Waals surface area (Å²) in [6.45, 7) is 0. The molecule has 0 aliphatic rings. The van der Waals surface area contributed by atoms with Crippen LogP contribution in [0.25, 0.3) is 87.6 Å². The van der Waals surface area contributed by atoms with Crippen LogP contribution in [0.1, 0.15) is 0 Å². The Bertz CT molecular complexity index is 2500. The van der Waals surface area contributed by atoms with Crippen molar-refractivity contribution >= 4 is 43.1 Å². The number of fused-ring (bicyclic) bond motifs is 5. The van der Waals surface area contributed by atoms with E-state index in [-0.39, 0.29) is 0 Å². The van der Waals surface area contributed by atoms with Gasteiger partial charge in [0.15, 0.2) is 0 Å². The normalized spacial score (nSPS) is 11.5. The molecule has 0 atom stereocenters. The minimum Gasteiger partial charge on any atom is -0.0622 e. The summed E-state index contributed by atoms with van der Waals surface area (Å²) in [7, 11) is 0. The van der Waals surface area contributed by atoms with Gasteiger partial charge in [-0.3, -0.25) is 0 Å². The second-order valence-corrected chi connectivity index (χ2v) is 12.0. The third kappa shape index (κ3) is 4.23. The summed E-state index contributed by atoms with van der Waals surface area (Å²) in [6.07, 6.45) is 0. The molecule has 0 unspecified atom stereocenters. The summed E-state index contributed by atoms with van der Waals surface area (Å²) >= 11 is 0. The fourth-order valence-electron chi connectivity index (χ4n) is 7.41. The molecular formula is C46H30. The van der Waals surface area contributed by atoms with Crippen LogP contribution in [0.5, 0.6) is 0 Å². The number of hydrogen-bond donors (Lipinski definition) is 0. The second-order valence-electron chi connectivity index (χ2n) is 12.0. The summed E-state index contributed by atoms with van der Waals surface area (Å²) in [6, 6.07) is 66.4. The van der Waals surface area contributed by atoms with Gasteiger partial charge in [-0.05, 0) is 87.6 Å². The zero-order chi connectivity index (χ0) is 30.5. The van der Waals surface area contributed by atoms with E-state index >= 15 is 0 Å². The van der Waals surface area contributed by atoms with Crippen LogP contribution in [-0.2, 0) is 0 Å². The summed E-state index contributed by atoms with van der Waals surface area (Å²) in [5, 5.41) is 10.2. The Morgan fingerprint density at radius 1 is 0.196 bits per heavy atom. The number of rotatable bonds is 4. The quantitative estimate of drug-likeness (QED) is 0.143. The molecule has 9 rings (SSSR count). The molecule has 0 aromatic heterocycles. The van der Waals surface area contributed by atoms with Crippen molar-refractivity contribution in [3.8, 4) is 44.5 Å². The Balaban J connectivity index is 1.27. The third-order valence-electron chi connectivity index (χ3n) is 9.48. The van der Waals surface area contributed by atoms with Gasteiger partial charge in [0.25, 0.3) is 0 Å². The van der Waals surface area contributed by atoms with Crippen molar-refractivity contribution in [3.05, 3.63) is 182 Å². The first-order valence-corrected chi connectivity index (χ1v) is 15.9. The fraction of sp³-hybridized carbons (Fsp3) is 0. The fourth-order valence-corrected chi connectivity index (χ4v) is 7.41. The van der Waals surface area contributed by atoms with E-state index < -0.39 is 0 Å². The Morgan fingerprint density at radius 2 is 0.652 bits per heavy atom. The lowest BCUT2D eigenvalue weighted by Crippen LogP contribution is -1.92. The summed E-state index contributed by atoms with van der Waals surface area (Å²) in [4.78, 5) is 0. The van der Waals surface area contributed by atoms with Crippen LogP contribution in [0.3, 0.4) is 0 Å². The van der Waals surface area contributed by atoms with E-state index in [1.165, 1.54) is 87.6 Å². The molecular weight excluding hydrogens is 553 g/mol. The molecule has 9 aromatic carbocycles. The highest BCUT2D eigenvalue weighted by Crippen LogP contribution is 2.46. The highest BCUT2D eigenvalue weighted by atomic mass is 14.2. The van der Waals surface area contributed by atoms with Gasteiger partial charge in [0.05, 0.1) is 0 Å². The Kier molecular flexibility index (Phi) is 6.25. The Labute approximate surface area is 268 Å². The van der Waals surface area contributed by atoms with Crippen molar-refractivity contribution in [3.63, 3.8) is 0 Å². The van der Waals surface area contributed by atoms with Gasteiger partial charge in [-0.25, -0.2) is 0 Å². The standard InChI is InChI=1S/C46H30/c1-2-13-31(14-3-1)35-16-6-7-17-36(35)33-25-27-34(28-26-33)45-41-19-8-10-21-43(41)46(44-22-11-9-20-42(44)45)40-24-12-23-38-37-18-5-4-15-32(37)29-30-39(38)40/h1-30H. The second kappa shape index (κ2) is 10.9. The Morgan fingerprint density at radius 3 is 1.30 bits per heavy atom.